The molecule has 0 heterocycles. The average Bonchev–Trinajstić information content (AvgIpc) is 0.819. The molecule has 0 aliphatic carbocycles. The summed E-state index contributed by atoms with van der Waals surface area (Å²) < 4.78 is 296. The third-order valence-corrected chi connectivity index (χ3v) is 31.5. The van der Waals surface area contributed by atoms with Crippen molar-refractivity contribution in [3.05, 3.63) is 302 Å². The average molecular weight is 2350 g/mol. The summed E-state index contributed by atoms with van der Waals surface area (Å²) in [6.45, 7) is 0. The molecule has 0 fully saturated rings. The monoisotopic (exact) mass is 2350 g/mol. The van der Waals surface area contributed by atoms with Gasteiger partial charge in [0.25, 0.3) is 0 Å². The van der Waals surface area contributed by atoms with Gasteiger partial charge >= 0.3 is 68.4 Å². The van der Waals surface area contributed by atoms with Crippen LogP contribution in [-0.2, 0) is 218 Å². The Kier molecular flexibility index (Phi) is 54.1. The van der Waals surface area contributed by atoms with Crippen LogP contribution in [0.5, 0.6) is 0 Å². The highest BCUT2D eigenvalue weighted by Gasteiger charge is 2.26. The summed E-state index contributed by atoms with van der Waals surface area (Å²) in [5, 5.41) is -0.501. The summed E-state index contributed by atoms with van der Waals surface area (Å²) in [6, 6.07) is 53.9. The second-order valence-corrected chi connectivity index (χ2v) is 65.9. The van der Waals surface area contributed by atoms with Crippen molar-refractivity contribution in [1.82, 2.24) is 0 Å². The molecule has 0 bridgehead atoms. The highest BCUT2D eigenvalue weighted by atomic mass is 32.2. The van der Waals surface area contributed by atoms with Gasteiger partial charge in [-0.25, -0.2) is 75.8 Å². The molecule has 0 aliphatic rings. The van der Waals surface area contributed by atoms with Crippen LogP contribution in [0.4, 0.5) is 0 Å². The molecule has 63 heteroatoms. The first kappa shape index (κ1) is 136. The fourth-order valence-electron chi connectivity index (χ4n) is 11.4. The molecule has 9 aromatic carbocycles. The van der Waals surface area contributed by atoms with Gasteiger partial charge in [0.2, 0.25) is 0 Å². The molecular formula is C79H115O45P9S9. The first-order chi connectivity index (χ1) is 63.0. The van der Waals surface area contributed by atoms with Crippen LogP contribution in [0.2, 0.25) is 0 Å². The van der Waals surface area contributed by atoms with Gasteiger partial charge in [-0.15, -0.1) is 0 Å². The lowest BCUT2D eigenvalue weighted by Gasteiger charge is -2.09. The Balaban J connectivity index is 0.00000157. The molecule has 9 aromatic rings. The smallest absolute Gasteiger partial charge is 0.324 e. The minimum absolute atomic E-state index is 0. The second kappa shape index (κ2) is 56.5. The van der Waals surface area contributed by atoms with Gasteiger partial charge in [-0.3, -0.25) is 41.1 Å². The highest BCUT2D eigenvalue weighted by molar-refractivity contribution is 7.92. The fourth-order valence-corrected chi connectivity index (χ4v) is 25.0. The van der Waals surface area contributed by atoms with Crippen molar-refractivity contribution in [2.45, 2.75) is 96.2 Å². The van der Waals surface area contributed by atoms with E-state index < -0.39 is 169 Å². The Labute approximate surface area is 825 Å². The van der Waals surface area contributed by atoms with Crippen molar-refractivity contribution < 1.29 is 205 Å². The molecule has 800 valence electrons. The van der Waals surface area contributed by atoms with Crippen LogP contribution in [0.25, 0.3) is 0 Å². The summed E-state index contributed by atoms with van der Waals surface area (Å²) >= 11 is 0. The van der Waals surface area contributed by atoms with Crippen LogP contribution in [0.1, 0.15) is 90.9 Å². The topological polar surface area (TPSA) is 825 Å². The molecule has 0 saturated heterocycles. The molecule has 142 heavy (non-hydrogen) atoms. The summed E-state index contributed by atoms with van der Waals surface area (Å²) in [5.41, 5.74) is 6.81. The van der Waals surface area contributed by atoms with Crippen LogP contribution in [0, 0.1) is 0 Å². The third kappa shape index (κ3) is 73.1. The van der Waals surface area contributed by atoms with E-state index >= 15 is 0 Å². The standard InChI is InChI=1S/6C9H13O5PS.3C8H11O5PS.CH4/c2*1-16(13,14)7-9-4-2-8(3-5-9)6-15(10,11)12;2*1-16(13,14)7-9-4-2-3-8(5-9)6-15(10,11)12;2*1-16(13,14)7-9-5-3-2-4-8(9)6-15(10,11)12;1-15(12,13)6-7-2-4-8(5-3-7)14(9,10)11;1-15(12,13)6-7-3-2-4-8(5-7)14(9,10)11;1-15(12,13)6-7-4-2-3-5-8(7)14(9,10)11;/h6*2-5H,6-7H2,1H3,(H2,10,11,12);3*2-5H,6H2,1H3,(H2,9,10,11);1H4. The molecule has 9 rings (SSSR count). The SMILES string of the molecule is C.CS(=O)(=O)Cc1ccc(CP(=O)(O)O)cc1.CS(=O)(=O)Cc1ccc(CP(=O)(O)O)cc1.CS(=O)(=O)Cc1ccc(P(=O)(O)O)cc1.CS(=O)(=O)Cc1cccc(CP(=O)(O)O)c1.CS(=O)(=O)Cc1cccc(CP(=O)(O)O)c1.CS(=O)(=O)Cc1cccc(P(=O)(O)O)c1.CS(=O)(=O)Cc1ccccc1CP(=O)(O)O.CS(=O)(=O)Cc1ccccc1CP(=O)(O)O.CS(=O)(=O)Cc1ccccc1P(=O)(O)O. The summed E-state index contributed by atoms with van der Waals surface area (Å²) in [5.74, 6) is -1.51. The van der Waals surface area contributed by atoms with Crippen molar-refractivity contribution in [3.63, 3.8) is 0 Å². The Hall–Kier alpha value is -6.12. The molecular weight excluding hydrogens is 2240 g/mol. The lowest BCUT2D eigenvalue weighted by atomic mass is 10.1. The molecule has 0 unspecified atom stereocenters. The van der Waals surface area contributed by atoms with Crippen molar-refractivity contribution in [3.8, 4) is 0 Å². The quantitative estimate of drug-likeness (QED) is 0.0204. The largest absolute Gasteiger partial charge is 0.356 e. The lowest BCUT2D eigenvalue weighted by molar-refractivity contribution is 0.369. The molecule has 0 atom stereocenters. The minimum Gasteiger partial charge on any atom is -0.324 e. The minimum atomic E-state index is -4.41. The molecule has 45 nitrogen and oxygen atoms in total. The normalized spacial score (nSPS) is 12.6. The van der Waals surface area contributed by atoms with Crippen molar-refractivity contribution in [1.29, 1.82) is 0 Å². The first-order valence-corrected chi connectivity index (χ1v) is 73.0. The van der Waals surface area contributed by atoms with E-state index in [-0.39, 0.29) is 105 Å². The predicted octanol–water partition coefficient (Wildman–Crippen LogP) is 6.19. The Morgan fingerprint density at radius 3 is 0.620 bits per heavy atom. The zero-order valence-electron chi connectivity index (χ0n) is 76.2. The van der Waals surface area contributed by atoms with E-state index in [4.69, 9.17) is 88.1 Å². The third-order valence-electron chi connectivity index (χ3n) is 16.2. The van der Waals surface area contributed by atoms with Gasteiger partial charge in [-0.05, 0) is 114 Å². The number of benzene rings is 9. The van der Waals surface area contributed by atoms with Gasteiger partial charge in [0.05, 0.1) is 105 Å². The van der Waals surface area contributed by atoms with E-state index in [1.165, 1.54) is 115 Å². The second-order valence-electron chi connectivity index (χ2n) is 32.0. The maximum atomic E-state index is 11.1. The predicted molar refractivity (Wildman–Crippen MR) is 541 cm³/mol. The zero-order chi connectivity index (χ0) is 109. The van der Waals surface area contributed by atoms with Gasteiger partial charge in [-0.2, -0.15) is 0 Å². The number of hydrogen-bond acceptors (Lipinski definition) is 27. The highest BCUT2D eigenvalue weighted by Crippen LogP contribution is 2.45. The Bertz CT molecular complexity index is 7020. The van der Waals surface area contributed by atoms with Gasteiger partial charge in [-0.1, -0.05) is 195 Å². The summed E-state index contributed by atoms with van der Waals surface area (Å²) in [4.78, 5) is 159. The van der Waals surface area contributed by atoms with Crippen LogP contribution in [0.3, 0.4) is 0 Å². The number of sulfone groups is 9. The Morgan fingerprint density at radius 1 is 0.176 bits per heavy atom. The molecule has 0 amide bonds. The van der Waals surface area contributed by atoms with E-state index in [2.05, 4.69) is 0 Å². The summed E-state index contributed by atoms with van der Waals surface area (Å²) in [7, 11) is -66.1. The van der Waals surface area contributed by atoms with Crippen LogP contribution >= 0.6 is 68.4 Å². The van der Waals surface area contributed by atoms with E-state index in [1.807, 2.05) is 0 Å². The maximum absolute atomic E-state index is 11.1. The van der Waals surface area contributed by atoms with Crippen molar-refractivity contribution >= 4 is 173 Å². The van der Waals surface area contributed by atoms with Crippen LogP contribution in [0.15, 0.2) is 218 Å². The first-order valence-electron chi connectivity index (χ1n) is 38.8. The molecule has 0 aromatic heterocycles. The molecule has 0 saturated carbocycles. The van der Waals surface area contributed by atoms with Crippen LogP contribution in [-0.4, -0.2) is 220 Å². The fraction of sp³-hybridized carbons (Fsp3) is 0.316. The van der Waals surface area contributed by atoms with Gasteiger partial charge in [0, 0.05) is 56.3 Å². The van der Waals surface area contributed by atoms with E-state index in [9.17, 15) is 117 Å². The van der Waals surface area contributed by atoms with E-state index in [1.54, 1.807) is 103 Å². The molecule has 18 N–H and O–H groups in total. The number of hydrogen-bond donors (Lipinski definition) is 18. The van der Waals surface area contributed by atoms with Crippen molar-refractivity contribution in [2.75, 3.05) is 56.3 Å². The molecule has 0 spiro atoms. The van der Waals surface area contributed by atoms with Gasteiger partial charge < -0.3 is 88.1 Å². The van der Waals surface area contributed by atoms with Crippen molar-refractivity contribution in [2.24, 2.45) is 0 Å². The molecule has 0 radical (unpaired) electrons. The molecule has 0 aliphatic heterocycles. The van der Waals surface area contributed by atoms with E-state index in [0.29, 0.717) is 77.9 Å². The lowest BCUT2D eigenvalue weighted by Crippen LogP contribution is -2.14. The van der Waals surface area contributed by atoms with Crippen LogP contribution < -0.4 is 15.9 Å². The number of rotatable bonds is 33. The van der Waals surface area contributed by atoms with E-state index in [0.717, 1.165) is 56.3 Å². The van der Waals surface area contributed by atoms with Gasteiger partial charge in [0.15, 0.2) is 88.5 Å². The maximum Gasteiger partial charge on any atom is 0.356 e. The Morgan fingerprint density at radius 2 is 0.373 bits per heavy atom. The summed E-state index contributed by atoms with van der Waals surface area (Å²) in [6.07, 6.45) is 7.59. The zero-order valence-corrected chi connectivity index (χ0v) is 91.6. The van der Waals surface area contributed by atoms with Gasteiger partial charge in [0.1, 0.15) is 0 Å².